The Morgan fingerprint density at radius 3 is 2.85 bits per heavy atom. The van der Waals surface area contributed by atoms with Crippen molar-refractivity contribution in [2.75, 3.05) is 13.1 Å². The molecule has 0 aromatic rings. The Balaban J connectivity index is 1.86. The van der Waals surface area contributed by atoms with Gasteiger partial charge < -0.3 is 16.0 Å². The predicted octanol–water partition coefficient (Wildman–Crippen LogP) is 0.281. The summed E-state index contributed by atoms with van der Waals surface area (Å²) < 4.78 is 0. The zero-order chi connectivity index (χ0) is 9.26. The van der Waals surface area contributed by atoms with Gasteiger partial charge in [0.2, 0.25) is 0 Å². The Kier molecular flexibility index (Phi) is 2.40. The van der Waals surface area contributed by atoms with Gasteiger partial charge in [0.05, 0.1) is 0 Å². The summed E-state index contributed by atoms with van der Waals surface area (Å²) >= 11 is 0. The maximum atomic E-state index is 11.6. The molecule has 13 heavy (non-hydrogen) atoms. The molecule has 1 aliphatic carbocycles. The second-order valence-corrected chi connectivity index (χ2v) is 3.95. The molecule has 1 unspecified atom stereocenters. The summed E-state index contributed by atoms with van der Waals surface area (Å²) in [6.07, 6.45) is 4.45. The molecule has 2 aliphatic rings. The molecule has 0 radical (unpaired) electrons. The zero-order valence-electron chi connectivity index (χ0n) is 7.83. The summed E-state index contributed by atoms with van der Waals surface area (Å²) in [5.41, 5.74) is 5.59. The lowest BCUT2D eigenvalue weighted by molar-refractivity contribution is 0.193. The molecule has 74 valence electrons. The van der Waals surface area contributed by atoms with Gasteiger partial charge in [-0.2, -0.15) is 0 Å². The molecule has 4 heteroatoms. The third-order valence-electron chi connectivity index (χ3n) is 2.82. The van der Waals surface area contributed by atoms with Gasteiger partial charge in [-0.1, -0.05) is 0 Å². The molecule has 3 N–H and O–H groups in total. The molecule has 1 heterocycles. The van der Waals surface area contributed by atoms with E-state index in [0.717, 1.165) is 32.2 Å². The molecule has 0 aromatic heterocycles. The van der Waals surface area contributed by atoms with Crippen molar-refractivity contribution in [3.63, 3.8) is 0 Å². The smallest absolute Gasteiger partial charge is 0.317 e. The Bertz CT molecular complexity index is 203. The zero-order valence-corrected chi connectivity index (χ0v) is 7.83. The van der Waals surface area contributed by atoms with Crippen molar-refractivity contribution in [1.29, 1.82) is 0 Å². The van der Waals surface area contributed by atoms with E-state index >= 15 is 0 Å². The molecule has 0 bridgehead atoms. The molecule has 1 saturated heterocycles. The highest BCUT2D eigenvalue weighted by molar-refractivity contribution is 5.75. The van der Waals surface area contributed by atoms with Crippen LogP contribution in [-0.2, 0) is 0 Å². The molecule has 2 amide bonds. The van der Waals surface area contributed by atoms with Crippen molar-refractivity contribution in [3.05, 3.63) is 0 Å². The van der Waals surface area contributed by atoms with Crippen molar-refractivity contribution >= 4 is 6.03 Å². The Labute approximate surface area is 78.5 Å². The highest BCUT2D eigenvalue weighted by atomic mass is 16.2. The molecular weight excluding hydrogens is 166 g/mol. The van der Waals surface area contributed by atoms with Gasteiger partial charge in [0, 0.05) is 25.2 Å². The van der Waals surface area contributed by atoms with Crippen molar-refractivity contribution in [3.8, 4) is 0 Å². The molecule has 1 atom stereocenters. The van der Waals surface area contributed by atoms with Gasteiger partial charge in [0.25, 0.3) is 0 Å². The van der Waals surface area contributed by atoms with Crippen molar-refractivity contribution in [2.24, 2.45) is 5.73 Å². The van der Waals surface area contributed by atoms with Gasteiger partial charge in [-0.25, -0.2) is 4.79 Å². The first-order valence-electron chi connectivity index (χ1n) is 5.08. The summed E-state index contributed by atoms with van der Waals surface area (Å²) in [7, 11) is 0. The maximum Gasteiger partial charge on any atom is 0.317 e. The van der Waals surface area contributed by atoms with Gasteiger partial charge in [-0.05, 0) is 25.7 Å². The topological polar surface area (TPSA) is 58.4 Å². The third-order valence-corrected chi connectivity index (χ3v) is 2.82. The van der Waals surface area contributed by atoms with Crippen molar-refractivity contribution in [2.45, 2.75) is 37.8 Å². The molecule has 1 saturated carbocycles. The minimum Gasteiger partial charge on any atom is -0.335 e. The predicted molar refractivity (Wildman–Crippen MR) is 50.3 cm³/mol. The van der Waals surface area contributed by atoms with Crippen LogP contribution in [0.1, 0.15) is 25.7 Å². The third kappa shape index (κ3) is 1.94. The Hall–Kier alpha value is -0.770. The number of carbonyl (C=O) groups is 1. The molecule has 1 aliphatic heterocycles. The summed E-state index contributed by atoms with van der Waals surface area (Å²) in [6.45, 7) is 1.47. The van der Waals surface area contributed by atoms with Crippen LogP contribution in [-0.4, -0.2) is 36.1 Å². The average molecular weight is 183 g/mol. The summed E-state index contributed by atoms with van der Waals surface area (Å²) in [5.74, 6) is 0. The minimum atomic E-state index is 0.0930. The largest absolute Gasteiger partial charge is 0.335 e. The van der Waals surface area contributed by atoms with Crippen LogP contribution in [0.15, 0.2) is 0 Å². The number of amides is 2. The minimum absolute atomic E-state index is 0.0930. The quantitative estimate of drug-likeness (QED) is 0.646. The van der Waals surface area contributed by atoms with Gasteiger partial charge in [0.1, 0.15) is 0 Å². The molecule has 4 nitrogen and oxygen atoms in total. The van der Waals surface area contributed by atoms with Crippen LogP contribution >= 0.6 is 0 Å². The first kappa shape index (κ1) is 8.81. The van der Waals surface area contributed by atoms with Gasteiger partial charge in [-0.15, -0.1) is 0 Å². The second kappa shape index (κ2) is 3.54. The van der Waals surface area contributed by atoms with Gasteiger partial charge in [0.15, 0.2) is 0 Å². The van der Waals surface area contributed by atoms with E-state index in [9.17, 15) is 4.79 Å². The fraction of sp³-hybridized carbons (Fsp3) is 0.889. The van der Waals surface area contributed by atoms with E-state index in [4.69, 9.17) is 5.73 Å². The van der Waals surface area contributed by atoms with E-state index in [1.54, 1.807) is 0 Å². The average Bonchev–Trinajstić information content (AvgIpc) is 2.82. The van der Waals surface area contributed by atoms with Gasteiger partial charge >= 0.3 is 6.03 Å². The van der Waals surface area contributed by atoms with Crippen LogP contribution in [0.5, 0.6) is 0 Å². The lowest BCUT2D eigenvalue weighted by Gasteiger charge is -2.23. The number of carbonyl (C=O) groups excluding carboxylic acids is 1. The number of nitrogens with zero attached hydrogens (tertiary/aromatic N) is 1. The van der Waals surface area contributed by atoms with Crippen LogP contribution < -0.4 is 11.1 Å². The maximum absolute atomic E-state index is 11.6. The standard InChI is InChI=1S/C9H17N3O/c10-6-8-2-1-5-12(8)9(13)11-7-3-4-7/h7-8H,1-6,10H2,(H,11,13). The van der Waals surface area contributed by atoms with E-state index < -0.39 is 0 Å². The van der Waals surface area contributed by atoms with E-state index in [0.29, 0.717) is 12.6 Å². The highest BCUT2D eigenvalue weighted by Crippen LogP contribution is 2.21. The lowest BCUT2D eigenvalue weighted by atomic mass is 10.2. The molecular formula is C9H17N3O. The second-order valence-electron chi connectivity index (χ2n) is 3.95. The SMILES string of the molecule is NCC1CCCN1C(=O)NC1CC1. The van der Waals surface area contributed by atoms with E-state index in [2.05, 4.69) is 5.32 Å². The molecule has 0 aromatic carbocycles. The van der Waals surface area contributed by atoms with Crippen molar-refractivity contribution < 1.29 is 4.79 Å². The van der Waals surface area contributed by atoms with E-state index in [1.807, 2.05) is 4.90 Å². The Morgan fingerprint density at radius 1 is 1.46 bits per heavy atom. The summed E-state index contributed by atoms with van der Waals surface area (Å²) in [6, 6.07) is 0.820. The van der Waals surface area contributed by atoms with E-state index in [1.165, 1.54) is 0 Å². The summed E-state index contributed by atoms with van der Waals surface area (Å²) in [4.78, 5) is 13.5. The lowest BCUT2D eigenvalue weighted by Crippen LogP contribution is -2.46. The number of nitrogens with two attached hydrogens (primary N) is 1. The number of hydrogen-bond donors (Lipinski definition) is 2. The first-order chi connectivity index (χ1) is 6.31. The van der Waals surface area contributed by atoms with Gasteiger partial charge in [-0.3, -0.25) is 0 Å². The van der Waals surface area contributed by atoms with E-state index in [-0.39, 0.29) is 12.1 Å². The van der Waals surface area contributed by atoms with Crippen molar-refractivity contribution in [1.82, 2.24) is 10.2 Å². The molecule has 2 fully saturated rings. The fourth-order valence-electron chi connectivity index (χ4n) is 1.83. The number of likely N-dealkylation sites (tertiary alicyclic amines) is 1. The van der Waals surface area contributed by atoms with Crippen LogP contribution in [0.2, 0.25) is 0 Å². The monoisotopic (exact) mass is 183 g/mol. The molecule has 2 rings (SSSR count). The van der Waals surface area contributed by atoms with Crippen LogP contribution in [0.4, 0.5) is 4.79 Å². The Morgan fingerprint density at radius 2 is 2.23 bits per heavy atom. The summed E-state index contributed by atoms with van der Waals surface area (Å²) in [5, 5.41) is 2.99. The normalized spacial score (nSPS) is 27.8. The number of hydrogen-bond acceptors (Lipinski definition) is 2. The number of nitrogens with one attached hydrogen (secondary N) is 1. The van der Waals surface area contributed by atoms with Crippen LogP contribution in [0.25, 0.3) is 0 Å². The van der Waals surface area contributed by atoms with Crippen LogP contribution in [0, 0.1) is 0 Å². The number of rotatable bonds is 2. The number of urea groups is 1. The molecule has 0 spiro atoms. The highest BCUT2D eigenvalue weighted by Gasteiger charge is 2.31. The fourth-order valence-corrected chi connectivity index (χ4v) is 1.83. The first-order valence-corrected chi connectivity index (χ1v) is 5.08. The van der Waals surface area contributed by atoms with Crippen LogP contribution in [0.3, 0.4) is 0 Å².